The van der Waals surface area contributed by atoms with Crippen LogP contribution in [0, 0.1) is 0 Å². The second kappa shape index (κ2) is 5.46. The van der Waals surface area contributed by atoms with Gasteiger partial charge >= 0.3 is 0 Å². The molecule has 2 aromatic heterocycles. The second-order valence-corrected chi connectivity index (χ2v) is 4.41. The Balaban J connectivity index is 1.82. The van der Waals surface area contributed by atoms with E-state index in [9.17, 15) is 9.59 Å². The summed E-state index contributed by atoms with van der Waals surface area (Å²) in [6, 6.07) is 10.1. The number of amides is 1. The third kappa shape index (κ3) is 2.89. The van der Waals surface area contributed by atoms with Crippen LogP contribution in [0.2, 0.25) is 0 Å². The molecule has 0 atom stereocenters. The molecule has 104 valence electrons. The van der Waals surface area contributed by atoms with E-state index in [1.807, 2.05) is 18.2 Å². The maximum atomic E-state index is 12.1. The monoisotopic (exact) mass is 280 g/mol. The van der Waals surface area contributed by atoms with Crippen LogP contribution in [0.1, 0.15) is 10.4 Å². The summed E-state index contributed by atoms with van der Waals surface area (Å²) >= 11 is 0. The number of imidazole rings is 1. The first kappa shape index (κ1) is 12.9. The molecule has 1 aromatic carbocycles. The molecule has 3 aromatic rings. The normalized spacial score (nSPS) is 10.3. The van der Waals surface area contributed by atoms with E-state index in [0.717, 1.165) is 11.4 Å². The molecular formula is C15H12N4O2. The Labute approximate surface area is 119 Å². The molecule has 0 aliphatic rings. The Morgan fingerprint density at radius 2 is 2.05 bits per heavy atom. The van der Waals surface area contributed by atoms with Crippen molar-refractivity contribution in [3.05, 3.63) is 70.9 Å². The summed E-state index contributed by atoms with van der Waals surface area (Å²) in [5.74, 6) is 0.443. The van der Waals surface area contributed by atoms with Crippen molar-refractivity contribution in [2.24, 2.45) is 0 Å². The highest BCUT2D eigenvalue weighted by atomic mass is 16.1. The number of anilines is 1. The molecule has 0 bridgehead atoms. The zero-order valence-electron chi connectivity index (χ0n) is 11.0. The van der Waals surface area contributed by atoms with Crippen LogP contribution in [0.3, 0.4) is 0 Å². The van der Waals surface area contributed by atoms with E-state index in [1.54, 1.807) is 18.5 Å². The maximum Gasteiger partial charge on any atom is 0.257 e. The number of nitrogens with one attached hydrogen (secondary N) is 3. The number of hydrogen-bond donors (Lipinski definition) is 3. The largest absolute Gasteiger partial charge is 0.345 e. The topological polar surface area (TPSA) is 90.6 Å². The Morgan fingerprint density at radius 1 is 1.14 bits per heavy atom. The molecule has 6 heteroatoms. The van der Waals surface area contributed by atoms with Crippen LogP contribution >= 0.6 is 0 Å². The molecule has 0 radical (unpaired) electrons. The molecule has 3 rings (SSSR count). The summed E-state index contributed by atoms with van der Waals surface area (Å²) in [4.78, 5) is 32.7. The molecule has 6 nitrogen and oxygen atoms in total. The van der Waals surface area contributed by atoms with E-state index in [2.05, 4.69) is 20.3 Å². The average Bonchev–Trinajstić information content (AvgIpc) is 3.02. The molecule has 0 aliphatic heterocycles. The summed E-state index contributed by atoms with van der Waals surface area (Å²) in [6.45, 7) is 0. The number of aromatic nitrogens is 3. The fourth-order valence-electron chi connectivity index (χ4n) is 1.92. The van der Waals surface area contributed by atoms with Crippen molar-refractivity contribution in [3.63, 3.8) is 0 Å². The van der Waals surface area contributed by atoms with Gasteiger partial charge in [-0.3, -0.25) is 9.59 Å². The standard InChI is InChI=1S/C15H12N4O2/c20-13-5-4-11(9-18-13)15(21)19-12-3-1-2-10(8-12)14-16-6-7-17-14/h1-9H,(H,16,17)(H,18,20)(H,19,21). The molecule has 3 N–H and O–H groups in total. The van der Waals surface area contributed by atoms with E-state index in [4.69, 9.17) is 0 Å². The van der Waals surface area contributed by atoms with E-state index in [-0.39, 0.29) is 11.5 Å². The lowest BCUT2D eigenvalue weighted by Gasteiger charge is -2.06. The van der Waals surface area contributed by atoms with Crippen LogP contribution in [0.15, 0.2) is 59.8 Å². The Morgan fingerprint density at radius 3 is 2.76 bits per heavy atom. The minimum Gasteiger partial charge on any atom is -0.345 e. The first-order valence-electron chi connectivity index (χ1n) is 6.32. The van der Waals surface area contributed by atoms with Crippen LogP contribution in [0.5, 0.6) is 0 Å². The highest BCUT2D eigenvalue weighted by Crippen LogP contribution is 2.19. The van der Waals surface area contributed by atoms with Gasteiger partial charge in [0.15, 0.2) is 0 Å². The summed E-state index contributed by atoms with van der Waals surface area (Å²) in [5, 5.41) is 2.78. The third-order valence-electron chi connectivity index (χ3n) is 2.94. The van der Waals surface area contributed by atoms with Gasteiger partial charge in [-0.15, -0.1) is 0 Å². The van der Waals surface area contributed by atoms with Crippen LogP contribution in [0.4, 0.5) is 5.69 Å². The minimum atomic E-state index is -0.289. The van der Waals surface area contributed by atoms with Gasteiger partial charge in [0.2, 0.25) is 5.56 Å². The van der Waals surface area contributed by atoms with Crippen molar-refractivity contribution in [2.45, 2.75) is 0 Å². The van der Waals surface area contributed by atoms with Crippen molar-refractivity contribution < 1.29 is 4.79 Å². The lowest BCUT2D eigenvalue weighted by atomic mass is 10.2. The SMILES string of the molecule is O=C(Nc1cccc(-c2ncc[nH]2)c1)c1ccc(=O)[nH]c1. The first-order chi connectivity index (χ1) is 10.2. The predicted molar refractivity (Wildman–Crippen MR) is 79.0 cm³/mol. The Kier molecular flexibility index (Phi) is 3.34. The maximum absolute atomic E-state index is 12.1. The molecule has 1 amide bonds. The molecule has 0 aliphatic carbocycles. The second-order valence-electron chi connectivity index (χ2n) is 4.41. The number of hydrogen-bond acceptors (Lipinski definition) is 3. The van der Waals surface area contributed by atoms with Gasteiger partial charge in [-0.1, -0.05) is 12.1 Å². The van der Waals surface area contributed by atoms with Crippen molar-refractivity contribution in [1.29, 1.82) is 0 Å². The van der Waals surface area contributed by atoms with Gasteiger partial charge in [-0.2, -0.15) is 0 Å². The van der Waals surface area contributed by atoms with Gasteiger partial charge in [0.05, 0.1) is 5.56 Å². The smallest absolute Gasteiger partial charge is 0.257 e. The number of benzene rings is 1. The van der Waals surface area contributed by atoms with Crippen LogP contribution < -0.4 is 10.9 Å². The molecule has 0 saturated carbocycles. The summed E-state index contributed by atoms with van der Waals surface area (Å²) < 4.78 is 0. The summed E-state index contributed by atoms with van der Waals surface area (Å²) in [6.07, 6.45) is 4.79. The summed E-state index contributed by atoms with van der Waals surface area (Å²) in [7, 11) is 0. The van der Waals surface area contributed by atoms with Gasteiger partial charge in [0.1, 0.15) is 5.82 Å². The molecule has 0 fully saturated rings. The number of aromatic amines is 2. The number of carbonyl (C=O) groups is 1. The number of H-pyrrole nitrogens is 2. The number of carbonyl (C=O) groups excluding carboxylic acids is 1. The fraction of sp³-hybridized carbons (Fsp3) is 0. The first-order valence-corrected chi connectivity index (χ1v) is 6.32. The number of nitrogens with zero attached hydrogens (tertiary/aromatic N) is 1. The quantitative estimate of drug-likeness (QED) is 0.685. The van der Waals surface area contributed by atoms with Crippen molar-refractivity contribution >= 4 is 11.6 Å². The number of rotatable bonds is 3. The van der Waals surface area contributed by atoms with Gasteiger partial charge in [0.25, 0.3) is 5.91 Å². The van der Waals surface area contributed by atoms with Crippen molar-refractivity contribution in [3.8, 4) is 11.4 Å². The fourth-order valence-corrected chi connectivity index (χ4v) is 1.92. The average molecular weight is 280 g/mol. The van der Waals surface area contributed by atoms with Crippen LogP contribution in [-0.2, 0) is 0 Å². The molecule has 0 unspecified atom stereocenters. The summed E-state index contributed by atoms with van der Waals surface area (Å²) in [5.41, 5.74) is 1.67. The van der Waals surface area contributed by atoms with Gasteiger partial charge in [0, 0.05) is 35.9 Å². The van der Waals surface area contributed by atoms with Gasteiger partial charge < -0.3 is 15.3 Å². The molecular weight excluding hydrogens is 268 g/mol. The Hall–Kier alpha value is -3.15. The zero-order chi connectivity index (χ0) is 14.7. The van der Waals surface area contributed by atoms with E-state index in [0.29, 0.717) is 11.3 Å². The van der Waals surface area contributed by atoms with E-state index in [1.165, 1.54) is 18.3 Å². The molecule has 0 spiro atoms. The third-order valence-corrected chi connectivity index (χ3v) is 2.94. The highest BCUT2D eigenvalue weighted by Gasteiger charge is 2.07. The predicted octanol–water partition coefficient (Wildman–Crippen LogP) is 2.02. The van der Waals surface area contributed by atoms with E-state index < -0.39 is 0 Å². The minimum absolute atomic E-state index is 0.244. The Bertz CT molecular complexity index is 801. The zero-order valence-corrected chi connectivity index (χ0v) is 11.0. The number of pyridine rings is 1. The molecule has 21 heavy (non-hydrogen) atoms. The van der Waals surface area contributed by atoms with Crippen LogP contribution in [0.25, 0.3) is 11.4 Å². The lowest BCUT2D eigenvalue weighted by Crippen LogP contribution is -2.14. The lowest BCUT2D eigenvalue weighted by molar-refractivity contribution is 0.102. The van der Waals surface area contributed by atoms with Gasteiger partial charge in [-0.25, -0.2) is 4.98 Å². The van der Waals surface area contributed by atoms with Crippen LogP contribution in [-0.4, -0.2) is 20.9 Å². The van der Waals surface area contributed by atoms with Crippen molar-refractivity contribution in [1.82, 2.24) is 15.0 Å². The van der Waals surface area contributed by atoms with Crippen molar-refractivity contribution in [2.75, 3.05) is 5.32 Å². The highest BCUT2D eigenvalue weighted by molar-refractivity contribution is 6.04. The molecule has 0 saturated heterocycles. The van der Waals surface area contributed by atoms with E-state index >= 15 is 0 Å². The molecule has 2 heterocycles. The van der Waals surface area contributed by atoms with Gasteiger partial charge in [-0.05, 0) is 18.2 Å².